The molecule has 3 rings (SSSR count). The third-order valence-electron chi connectivity index (χ3n) is 3.07. The van der Waals surface area contributed by atoms with Crippen molar-refractivity contribution in [1.29, 1.82) is 0 Å². The Kier molecular flexibility index (Phi) is 3.09. The smallest absolute Gasteiger partial charge is 0.332 e. The second kappa shape index (κ2) is 4.93. The minimum Gasteiger partial charge on any atom is -0.492 e. The van der Waals surface area contributed by atoms with Crippen LogP contribution in [0.5, 0.6) is 5.75 Å². The van der Waals surface area contributed by atoms with Gasteiger partial charge in [0.15, 0.2) is 11.2 Å². The first-order valence-corrected chi connectivity index (χ1v) is 6.55. The van der Waals surface area contributed by atoms with E-state index in [4.69, 9.17) is 4.74 Å². The fourth-order valence-corrected chi connectivity index (χ4v) is 2.28. The summed E-state index contributed by atoms with van der Waals surface area (Å²) in [4.78, 5) is 33.7. The molecule has 2 heterocycles. The van der Waals surface area contributed by atoms with Gasteiger partial charge >= 0.3 is 5.69 Å². The lowest BCUT2D eigenvalue weighted by molar-refractivity contribution is 0.339. The van der Waals surface area contributed by atoms with Gasteiger partial charge in [0, 0.05) is 0 Å². The molecule has 0 unspecified atom stereocenters. The highest BCUT2D eigenvalue weighted by Crippen LogP contribution is 2.23. The van der Waals surface area contributed by atoms with E-state index in [1.54, 1.807) is 31.2 Å². The Morgan fingerprint density at radius 1 is 1.24 bits per heavy atom. The van der Waals surface area contributed by atoms with Crippen LogP contribution >= 0.6 is 0 Å². The number of hydrogen-bond donors (Lipinski definition) is 2. The molecule has 7 nitrogen and oxygen atoms in total. The summed E-state index contributed by atoms with van der Waals surface area (Å²) in [5.41, 5.74) is 0.139. The molecule has 7 heteroatoms. The molecule has 21 heavy (non-hydrogen) atoms. The summed E-state index contributed by atoms with van der Waals surface area (Å²) in [5, 5.41) is 0. The lowest BCUT2D eigenvalue weighted by Gasteiger charge is -2.10. The summed E-state index contributed by atoms with van der Waals surface area (Å²) in [7, 11) is 0. The van der Waals surface area contributed by atoms with Crippen LogP contribution in [-0.2, 0) is 0 Å². The van der Waals surface area contributed by atoms with E-state index in [1.165, 1.54) is 4.57 Å². The number of imidazole rings is 1. The molecular formula is C14H14N4O3. The average molecular weight is 286 g/mol. The first kappa shape index (κ1) is 13.2. The van der Waals surface area contributed by atoms with Crippen molar-refractivity contribution in [3.05, 3.63) is 50.9 Å². The van der Waals surface area contributed by atoms with E-state index in [1.807, 2.05) is 6.92 Å². The maximum atomic E-state index is 12.2. The van der Waals surface area contributed by atoms with Gasteiger partial charge in [-0.25, -0.2) is 9.78 Å². The van der Waals surface area contributed by atoms with Crippen molar-refractivity contribution in [2.75, 3.05) is 6.61 Å². The molecule has 0 radical (unpaired) electrons. The number of para-hydroxylation sites is 2. The molecule has 0 bridgehead atoms. The van der Waals surface area contributed by atoms with Gasteiger partial charge in [0.1, 0.15) is 11.6 Å². The van der Waals surface area contributed by atoms with Gasteiger partial charge in [0.2, 0.25) is 0 Å². The molecular weight excluding hydrogens is 272 g/mol. The van der Waals surface area contributed by atoms with Crippen LogP contribution < -0.4 is 16.0 Å². The lowest BCUT2D eigenvalue weighted by atomic mass is 10.3. The number of ether oxygens (including phenoxy) is 1. The Balaban J connectivity index is 2.39. The Labute approximate surface area is 119 Å². The number of aromatic nitrogens is 4. The van der Waals surface area contributed by atoms with Crippen LogP contribution in [0.1, 0.15) is 12.7 Å². The predicted molar refractivity (Wildman–Crippen MR) is 78.2 cm³/mol. The summed E-state index contributed by atoms with van der Waals surface area (Å²) in [5.74, 6) is 0.974. The summed E-state index contributed by atoms with van der Waals surface area (Å²) in [6.45, 7) is 3.97. The van der Waals surface area contributed by atoms with Crippen LogP contribution in [0.3, 0.4) is 0 Å². The van der Waals surface area contributed by atoms with Crippen LogP contribution in [0.2, 0.25) is 0 Å². The van der Waals surface area contributed by atoms with Gasteiger partial charge in [-0.15, -0.1) is 0 Å². The summed E-state index contributed by atoms with van der Waals surface area (Å²) in [6, 6.07) is 7.05. The zero-order valence-corrected chi connectivity index (χ0v) is 11.6. The predicted octanol–water partition coefficient (Wildman–Crippen LogP) is 1.11. The van der Waals surface area contributed by atoms with Crippen molar-refractivity contribution in [3.63, 3.8) is 0 Å². The SMILES string of the molecule is CCOc1ccccc1-n1c(=O)[nH]c2nc(C)[nH]c(=O)c21. The highest BCUT2D eigenvalue weighted by molar-refractivity contribution is 5.73. The molecule has 108 valence electrons. The molecule has 2 N–H and O–H groups in total. The maximum Gasteiger partial charge on any atom is 0.332 e. The monoisotopic (exact) mass is 286 g/mol. The van der Waals surface area contributed by atoms with Crippen molar-refractivity contribution in [2.24, 2.45) is 0 Å². The Bertz CT molecular complexity index is 920. The lowest BCUT2D eigenvalue weighted by Crippen LogP contribution is -2.19. The number of aryl methyl sites for hydroxylation is 1. The second-order valence-electron chi connectivity index (χ2n) is 4.51. The third-order valence-corrected chi connectivity index (χ3v) is 3.07. The quantitative estimate of drug-likeness (QED) is 0.754. The van der Waals surface area contributed by atoms with Gasteiger partial charge in [-0.1, -0.05) is 12.1 Å². The van der Waals surface area contributed by atoms with Crippen molar-refractivity contribution in [2.45, 2.75) is 13.8 Å². The molecule has 0 aliphatic carbocycles. The number of H-pyrrole nitrogens is 2. The number of nitrogens with zero attached hydrogens (tertiary/aromatic N) is 2. The molecule has 0 saturated carbocycles. The van der Waals surface area contributed by atoms with Crippen molar-refractivity contribution in [1.82, 2.24) is 19.5 Å². The van der Waals surface area contributed by atoms with Gasteiger partial charge in [0.25, 0.3) is 5.56 Å². The van der Waals surface area contributed by atoms with E-state index in [9.17, 15) is 9.59 Å². The normalized spacial score (nSPS) is 11.0. The molecule has 2 aromatic heterocycles. The Morgan fingerprint density at radius 2 is 2.00 bits per heavy atom. The Morgan fingerprint density at radius 3 is 2.76 bits per heavy atom. The minimum atomic E-state index is -0.430. The Hall–Kier alpha value is -2.83. The molecule has 0 aliphatic heterocycles. The first-order chi connectivity index (χ1) is 10.1. The standard InChI is InChI=1S/C14H14N4O3/c1-3-21-10-7-5-4-6-9(10)18-11-12(17-14(18)20)15-8(2)16-13(11)19/h4-7H,3H2,1-2H3,(H2,15,16,17,19,20). The third kappa shape index (κ3) is 2.12. The highest BCUT2D eigenvalue weighted by atomic mass is 16.5. The number of fused-ring (bicyclic) bond motifs is 1. The molecule has 0 saturated heterocycles. The molecule has 3 aromatic rings. The minimum absolute atomic E-state index is 0.178. The van der Waals surface area contributed by atoms with Gasteiger partial charge in [-0.05, 0) is 26.0 Å². The molecule has 1 aromatic carbocycles. The molecule has 0 fully saturated rings. The van der Waals surface area contributed by atoms with E-state index >= 15 is 0 Å². The molecule has 0 amide bonds. The van der Waals surface area contributed by atoms with Gasteiger partial charge < -0.3 is 9.72 Å². The fraction of sp³-hybridized carbons (Fsp3) is 0.214. The molecule has 0 aliphatic rings. The second-order valence-corrected chi connectivity index (χ2v) is 4.51. The molecule has 0 spiro atoms. The van der Waals surface area contributed by atoms with E-state index in [0.29, 0.717) is 23.9 Å². The first-order valence-electron chi connectivity index (χ1n) is 6.55. The number of rotatable bonds is 3. The fourth-order valence-electron chi connectivity index (χ4n) is 2.28. The van der Waals surface area contributed by atoms with E-state index in [-0.39, 0.29) is 16.7 Å². The van der Waals surface area contributed by atoms with Crippen molar-refractivity contribution in [3.8, 4) is 11.4 Å². The van der Waals surface area contributed by atoms with Crippen LogP contribution in [0.15, 0.2) is 33.9 Å². The number of nitrogens with one attached hydrogen (secondary N) is 2. The maximum absolute atomic E-state index is 12.2. The van der Waals surface area contributed by atoms with Gasteiger partial charge in [-0.2, -0.15) is 0 Å². The van der Waals surface area contributed by atoms with Crippen LogP contribution in [0.25, 0.3) is 16.9 Å². The van der Waals surface area contributed by atoms with Crippen molar-refractivity contribution < 1.29 is 4.74 Å². The number of aromatic amines is 2. The summed E-state index contributed by atoms with van der Waals surface area (Å²) >= 11 is 0. The highest BCUT2D eigenvalue weighted by Gasteiger charge is 2.16. The zero-order chi connectivity index (χ0) is 15.0. The number of hydrogen-bond acceptors (Lipinski definition) is 4. The van der Waals surface area contributed by atoms with E-state index < -0.39 is 5.69 Å². The van der Waals surface area contributed by atoms with E-state index in [2.05, 4.69) is 15.0 Å². The van der Waals surface area contributed by atoms with Crippen LogP contribution in [0.4, 0.5) is 0 Å². The van der Waals surface area contributed by atoms with Crippen molar-refractivity contribution >= 4 is 11.2 Å². The largest absolute Gasteiger partial charge is 0.492 e. The number of benzene rings is 1. The summed E-state index contributed by atoms with van der Waals surface area (Å²) < 4.78 is 6.81. The van der Waals surface area contributed by atoms with Gasteiger partial charge in [-0.3, -0.25) is 14.3 Å². The topological polar surface area (TPSA) is 92.8 Å². The zero-order valence-electron chi connectivity index (χ0n) is 11.6. The van der Waals surface area contributed by atoms with Crippen LogP contribution in [0, 0.1) is 6.92 Å². The van der Waals surface area contributed by atoms with E-state index in [0.717, 1.165) is 0 Å². The van der Waals surface area contributed by atoms with Crippen LogP contribution in [-0.4, -0.2) is 26.1 Å². The van der Waals surface area contributed by atoms with Gasteiger partial charge in [0.05, 0.1) is 12.3 Å². The molecule has 0 atom stereocenters. The summed E-state index contributed by atoms with van der Waals surface area (Å²) in [6.07, 6.45) is 0. The average Bonchev–Trinajstić information content (AvgIpc) is 2.76.